The molecule has 0 radical (unpaired) electrons. The minimum absolute atomic E-state index is 0.00677. The lowest BCUT2D eigenvalue weighted by Crippen LogP contribution is -2.32. The Morgan fingerprint density at radius 3 is 2.28 bits per heavy atom. The summed E-state index contributed by atoms with van der Waals surface area (Å²) >= 11 is 2.98. The second-order valence-corrected chi connectivity index (χ2v) is 13.7. The molecule has 1 aliphatic heterocycles. The number of phosphoric acid groups is 2. The van der Waals surface area contributed by atoms with Crippen molar-refractivity contribution in [3.8, 4) is 5.75 Å². The molecule has 1 aromatic carbocycles. The van der Waals surface area contributed by atoms with Crippen molar-refractivity contribution in [3.05, 3.63) is 29.8 Å². The molecule has 0 saturated carbocycles. The van der Waals surface area contributed by atoms with Gasteiger partial charge in [-0.2, -0.15) is 17.0 Å². The summed E-state index contributed by atoms with van der Waals surface area (Å²) in [5, 5.41) is 0. The fourth-order valence-corrected chi connectivity index (χ4v) is 7.27. The van der Waals surface area contributed by atoms with Gasteiger partial charge in [0.1, 0.15) is 25.8 Å². The van der Waals surface area contributed by atoms with Crippen molar-refractivity contribution in [1.29, 1.82) is 0 Å². The molecule has 1 heterocycles. The van der Waals surface area contributed by atoms with Gasteiger partial charge in [0, 0.05) is 6.00 Å². The van der Waals surface area contributed by atoms with Crippen LogP contribution >= 0.6 is 34.7 Å². The monoisotopic (exact) mass is 556 g/mol. The quantitative estimate of drug-likeness (QED) is 0.171. The van der Waals surface area contributed by atoms with Gasteiger partial charge >= 0.3 is 32.8 Å². The lowest BCUT2D eigenvalue weighted by Gasteiger charge is -2.21. The maximum Gasteiger partial charge on any atom is 0.488 e. The van der Waals surface area contributed by atoms with Crippen LogP contribution in [0.15, 0.2) is 24.3 Å². The summed E-state index contributed by atoms with van der Waals surface area (Å²) in [5.41, 5.74) is 0.871. The van der Waals surface area contributed by atoms with Crippen LogP contribution in [0.5, 0.6) is 5.75 Å². The van der Waals surface area contributed by atoms with Gasteiger partial charge in [-0.25, -0.2) is 17.9 Å². The lowest BCUT2D eigenvalue weighted by atomic mass is 9.96. The third-order valence-corrected chi connectivity index (χ3v) is 9.00. The third-order valence-electron chi connectivity index (χ3n) is 3.66. The molecule has 1 saturated heterocycles. The summed E-state index contributed by atoms with van der Waals surface area (Å²) in [7, 11) is -13.8. The zero-order chi connectivity index (χ0) is 24.4. The number of benzene rings is 1. The first-order valence-corrected chi connectivity index (χ1v) is 15.6. The van der Waals surface area contributed by atoms with Crippen LogP contribution in [0, 0.1) is 6.92 Å². The number of rotatable bonds is 11. The Balaban J connectivity index is 1.99. The lowest BCUT2D eigenvalue weighted by molar-refractivity contribution is 0.00264. The highest BCUT2D eigenvalue weighted by Crippen LogP contribution is 2.68. The van der Waals surface area contributed by atoms with Gasteiger partial charge < -0.3 is 23.6 Å². The second-order valence-electron chi connectivity index (χ2n) is 6.55. The fourth-order valence-electron chi connectivity index (χ4n) is 2.52. The third kappa shape index (κ3) is 9.94. The van der Waals surface area contributed by atoms with Crippen molar-refractivity contribution in [1.82, 2.24) is 0 Å². The van der Waals surface area contributed by atoms with Crippen molar-refractivity contribution in [2.45, 2.75) is 31.6 Å². The standard InChI is InChI=1S/C12H20BO14P3S2/c1-8-2-4-9(5-3-8)24-32(20,21)25-10-6-12(13)23-11(10)7-22-28(14,15)26-29(16,17)27-30(18,19)31/h2-5,10-12H,6-7,13H2,1H3,(H,14,15)(H,16,17)(H2,18,19,31). The van der Waals surface area contributed by atoms with Crippen LogP contribution < -0.4 is 4.18 Å². The van der Waals surface area contributed by atoms with Crippen molar-refractivity contribution in [3.63, 3.8) is 0 Å². The van der Waals surface area contributed by atoms with E-state index in [1.165, 1.54) is 12.1 Å². The van der Waals surface area contributed by atoms with Crippen molar-refractivity contribution >= 4 is 52.9 Å². The number of hydrogen-bond donors (Lipinski definition) is 4. The molecule has 0 bridgehead atoms. The average molecular weight is 556 g/mol. The summed E-state index contributed by atoms with van der Waals surface area (Å²) < 4.78 is 86.0. The molecular weight excluding hydrogens is 536 g/mol. The largest absolute Gasteiger partial charge is 0.488 e. The first-order valence-electron chi connectivity index (χ1n) is 8.58. The van der Waals surface area contributed by atoms with E-state index in [-0.39, 0.29) is 12.2 Å². The van der Waals surface area contributed by atoms with Crippen LogP contribution in [-0.2, 0) is 46.2 Å². The Morgan fingerprint density at radius 2 is 1.72 bits per heavy atom. The molecule has 32 heavy (non-hydrogen) atoms. The summed E-state index contributed by atoms with van der Waals surface area (Å²) in [6.45, 7) is -3.87. The van der Waals surface area contributed by atoms with Gasteiger partial charge in [-0.3, -0.25) is 4.52 Å². The first-order chi connectivity index (χ1) is 14.5. The van der Waals surface area contributed by atoms with Gasteiger partial charge in [0.15, 0.2) is 0 Å². The molecule has 1 aromatic rings. The SMILES string of the molecule is BC1CC(OS(=O)(=O)Oc2ccc(C)cc2)C(COP(=O)(O)OP(=O)(O)OP(=O)(O)S)O1. The van der Waals surface area contributed by atoms with Gasteiger partial charge in [0.2, 0.25) is 0 Å². The molecule has 6 unspecified atom stereocenters. The Bertz CT molecular complexity index is 1040. The van der Waals surface area contributed by atoms with Crippen molar-refractivity contribution < 1.29 is 63.0 Å². The molecule has 20 heteroatoms. The Morgan fingerprint density at radius 1 is 1.12 bits per heavy atom. The number of aryl methyl sites for hydroxylation is 1. The van der Waals surface area contributed by atoms with E-state index in [1.807, 2.05) is 0 Å². The minimum Gasteiger partial charge on any atom is -0.379 e. The molecule has 0 aliphatic carbocycles. The van der Waals surface area contributed by atoms with E-state index in [9.17, 15) is 31.9 Å². The molecular formula is C12H20BO14P3S2. The first kappa shape index (κ1) is 28.0. The highest BCUT2D eigenvalue weighted by Gasteiger charge is 2.43. The Labute approximate surface area is 189 Å². The maximum absolute atomic E-state index is 12.2. The average Bonchev–Trinajstić information content (AvgIpc) is 2.90. The zero-order valence-corrected chi connectivity index (χ0v) is 20.9. The van der Waals surface area contributed by atoms with E-state index >= 15 is 0 Å². The molecule has 182 valence electrons. The smallest absolute Gasteiger partial charge is 0.379 e. The van der Waals surface area contributed by atoms with Crippen LogP contribution in [0.25, 0.3) is 0 Å². The molecule has 2 rings (SSSR count). The highest BCUT2D eigenvalue weighted by atomic mass is 32.7. The molecule has 0 aromatic heterocycles. The van der Waals surface area contributed by atoms with Gasteiger partial charge in [-0.05, 0) is 25.5 Å². The Kier molecular flexibility index (Phi) is 9.25. The summed E-state index contributed by atoms with van der Waals surface area (Å²) in [5.74, 6) is -0.00677. The number of ether oxygens (including phenoxy) is 1. The molecule has 1 fully saturated rings. The number of thiol groups is 1. The van der Waals surface area contributed by atoms with E-state index in [0.29, 0.717) is 0 Å². The number of hydrogen-bond acceptors (Lipinski definition) is 11. The normalized spacial score (nSPS) is 27.2. The van der Waals surface area contributed by atoms with E-state index in [1.54, 1.807) is 26.9 Å². The molecule has 1 aliphatic rings. The topological polar surface area (TPSA) is 201 Å². The summed E-state index contributed by atoms with van der Waals surface area (Å²) in [4.78, 5) is 27.6. The van der Waals surface area contributed by atoms with Gasteiger partial charge in [-0.15, -0.1) is 0 Å². The second kappa shape index (κ2) is 10.6. The Hall–Kier alpha value is -0.245. The van der Waals surface area contributed by atoms with Crippen molar-refractivity contribution in [2.24, 2.45) is 0 Å². The van der Waals surface area contributed by atoms with E-state index < -0.39 is 57.7 Å². The van der Waals surface area contributed by atoms with Crippen LogP contribution in [0.3, 0.4) is 0 Å². The van der Waals surface area contributed by atoms with Gasteiger partial charge in [0.05, 0.1) is 6.61 Å². The summed E-state index contributed by atoms with van der Waals surface area (Å²) in [6, 6.07) is 5.52. The van der Waals surface area contributed by atoms with E-state index in [0.717, 1.165) is 5.56 Å². The molecule has 3 N–H and O–H groups in total. The van der Waals surface area contributed by atoms with Crippen LogP contribution in [0.1, 0.15) is 12.0 Å². The van der Waals surface area contributed by atoms with Gasteiger partial charge in [-0.1, -0.05) is 29.9 Å². The molecule has 14 nitrogen and oxygen atoms in total. The predicted molar refractivity (Wildman–Crippen MR) is 114 cm³/mol. The van der Waals surface area contributed by atoms with Gasteiger partial charge in [0.25, 0.3) is 0 Å². The van der Waals surface area contributed by atoms with E-state index in [4.69, 9.17) is 18.0 Å². The molecule has 0 amide bonds. The van der Waals surface area contributed by atoms with Crippen LogP contribution in [0.2, 0.25) is 0 Å². The van der Waals surface area contributed by atoms with Crippen LogP contribution in [0.4, 0.5) is 0 Å². The molecule has 6 atom stereocenters. The van der Waals surface area contributed by atoms with Crippen LogP contribution in [-0.4, -0.2) is 55.8 Å². The minimum atomic E-state index is -5.52. The number of phosphoric ester groups is 1. The highest BCUT2D eigenvalue weighted by molar-refractivity contribution is 8.44. The van der Waals surface area contributed by atoms with E-state index in [2.05, 4.69) is 25.4 Å². The fraction of sp³-hybridized carbons (Fsp3) is 0.500. The molecule has 0 spiro atoms. The maximum atomic E-state index is 12.2. The summed E-state index contributed by atoms with van der Waals surface area (Å²) in [6.07, 6.45) is -2.39. The predicted octanol–water partition coefficient (Wildman–Crippen LogP) is 1.03. The van der Waals surface area contributed by atoms with Crippen molar-refractivity contribution in [2.75, 3.05) is 6.61 Å². The zero-order valence-electron chi connectivity index (χ0n) is 16.5.